The van der Waals surface area contributed by atoms with Gasteiger partial charge in [0.05, 0.1) is 12.7 Å². The van der Waals surface area contributed by atoms with Gasteiger partial charge in [-0.1, -0.05) is 0 Å². The summed E-state index contributed by atoms with van der Waals surface area (Å²) in [7, 11) is 1.21. The first-order valence-corrected chi connectivity index (χ1v) is 4.36. The van der Waals surface area contributed by atoms with E-state index < -0.39 is 28.5 Å². The minimum absolute atomic E-state index is 0.173. The Balaban J connectivity index is 3.55. The smallest absolute Gasteiger partial charge is 0.264 e. The molecule has 16 heavy (non-hydrogen) atoms. The van der Waals surface area contributed by atoms with Crippen LogP contribution >= 0.6 is 11.6 Å². The highest BCUT2D eigenvalue weighted by molar-refractivity contribution is 6.68. The van der Waals surface area contributed by atoms with Crippen molar-refractivity contribution in [2.45, 2.75) is 6.43 Å². The standard InChI is InChI=1S/C9H5ClF2N2O2/c1-16-6-2-4(9(11)12)7(8(10)15)5(3-13)14-6/h2,9H,1H3. The molecule has 0 radical (unpaired) electrons. The second-order valence-corrected chi connectivity index (χ2v) is 3.01. The van der Waals surface area contributed by atoms with Crippen molar-refractivity contribution in [1.29, 1.82) is 5.26 Å². The van der Waals surface area contributed by atoms with Gasteiger partial charge in [0.25, 0.3) is 11.7 Å². The Kier molecular flexibility index (Phi) is 3.74. The summed E-state index contributed by atoms with van der Waals surface area (Å²) >= 11 is 5.13. The van der Waals surface area contributed by atoms with Gasteiger partial charge < -0.3 is 4.74 Å². The van der Waals surface area contributed by atoms with Crippen molar-refractivity contribution in [3.05, 3.63) is 22.9 Å². The third kappa shape index (κ3) is 2.25. The van der Waals surface area contributed by atoms with Crippen LogP contribution in [0.3, 0.4) is 0 Å². The normalized spacial score (nSPS) is 10.0. The van der Waals surface area contributed by atoms with E-state index in [4.69, 9.17) is 16.9 Å². The molecule has 1 rings (SSSR count). The zero-order chi connectivity index (χ0) is 12.3. The molecule has 0 N–H and O–H groups in total. The van der Waals surface area contributed by atoms with Gasteiger partial charge in [0.1, 0.15) is 6.07 Å². The number of ether oxygens (including phenoxy) is 1. The SMILES string of the molecule is COc1cc(C(F)F)c(C(=O)Cl)c(C#N)n1. The van der Waals surface area contributed by atoms with E-state index >= 15 is 0 Å². The van der Waals surface area contributed by atoms with Crippen molar-refractivity contribution in [1.82, 2.24) is 4.98 Å². The molecule has 84 valence electrons. The highest BCUT2D eigenvalue weighted by Crippen LogP contribution is 2.28. The molecule has 0 aliphatic rings. The van der Waals surface area contributed by atoms with Crippen LogP contribution in [0.15, 0.2) is 6.07 Å². The molecule has 0 saturated heterocycles. The van der Waals surface area contributed by atoms with E-state index in [0.29, 0.717) is 0 Å². The fourth-order valence-electron chi connectivity index (χ4n) is 1.10. The highest BCUT2D eigenvalue weighted by Gasteiger charge is 2.23. The predicted octanol–water partition coefficient (Wildman–Crippen LogP) is 2.28. The molecule has 0 unspecified atom stereocenters. The van der Waals surface area contributed by atoms with Crippen LogP contribution in [0.5, 0.6) is 5.88 Å². The van der Waals surface area contributed by atoms with E-state index in [9.17, 15) is 13.6 Å². The Hall–Kier alpha value is -1.74. The van der Waals surface area contributed by atoms with Crippen LogP contribution in [-0.4, -0.2) is 17.3 Å². The number of nitriles is 1. The van der Waals surface area contributed by atoms with Crippen LogP contribution in [0.4, 0.5) is 8.78 Å². The lowest BCUT2D eigenvalue weighted by Crippen LogP contribution is -2.06. The Bertz CT molecular complexity index is 471. The molecule has 0 aromatic carbocycles. The molecule has 1 aromatic rings. The minimum atomic E-state index is -2.94. The van der Waals surface area contributed by atoms with Gasteiger partial charge in [-0.15, -0.1) is 0 Å². The van der Waals surface area contributed by atoms with Gasteiger partial charge >= 0.3 is 0 Å². The number of carbonyl (C=O) groups is 1. The number of pyridine rings is 1. The second kappa shape index (κ2) is 4.86. The van der Waals surface area contributed by atoms with E-state index in [2.05, 4.69) is 9.72 Å². The molecule has 0 atom stereocenters. The summed E-state index contributed by atoms with van der Waals surface area (Å²) in [4.78, 5) is 14.5. The molecule has 1 heterocycles. The Morgan fingerprint density at radius 1 is 1.69 bits per heavy atom. The molecular weight excluding hydrogens is 242 g/mol. The molecule has 0 saturated carbocycles. The molecule has 0 fully saturated rings. The van der Waals surface area contributed by atoms with Crippen molar-refractivity contribution in [3.8, 4) is 11.9 Å². The fourth-order valence-corrected chi connectivity index (χ4v) is 1.30. The maximum absolute atomic E-state index is 12.6. The maximum atomic E-state index is 12.6. The van der Waals surface area contributed by atoms with E-state index in [1.807, 2.05) is 0 Å². The summed E-state index contributed by atoms with van der Waals surface area (Å²) in [6.45, 7) is 0. The minimum Gasteiger partial charge on any atom is -0.481 e. The summed E-state index contributed by atoms with van der Waals surface area (Å²) in [6, 6.07) is 2.39. The average Bonchev–Trinajstić information content (AvgIpc) is 2.26. The van der Waals surface area contributed by atoms with E-state index in [1.165, 1.54) is 13.2 Å². The molecule has 0 aliphatic heterocycles. The van der Waals surface area contributed by atoms with Gasteiger partial charge in [0.15, 0.2) is 5.69 Å². The largest absolute Gasteiger partial charge is 0.481 e. The van der Waals surface area contributed by atoms with Crippen molar-refractivity contribution in [2.24, 2.45) is 0 Å². The third-order valence-corrected chi connectivity index (χ3v) is 1.96. The lowest BCUT2D eigenvalue weighted by atomic mass is 10.1. The van der Waals surface area contributed by atoms with Crippen LogP contribution in [0, 0.1) is 11.3 Å². The summed E-state index contributed by atoms with van der Waals surface area (Å²) in [6.07, 6.45) is -2.94. The first-order valence-electron chi connectivity index (χ1n) is 3.98. The van der Waals surface area contributed by atoms with Crippen LogP contribution in [0.2, 0.25) is 0 Å². The first kappa shape index (κ1) is 12.3. The topological polar surface area (TPSA) is 63.0 Å². The number of nitrogens with zero attached hydrogens (tertiary/aromatic N) is 2. The Morgan fingerprint density at radius 3 is 2.69 bits per heavy atom. The van der Waals surface area contributed by atoms with Crippen molar-refractivity contribution >= 4 is 16.8 Å². The van der Waals surface area contributed by atoms with Crippen LogP contribution in [-0.2, 0) is 0 Å². The zero-order valence-corrected chi connectivity index (χ0v) is 8.76. The van der Waals surface area contributed by atoms with Crippen LogP contribution in [0.1, 0.15) is 28.0 Å². The van der Waals surface area contributed by atoms with Crippen molar-refractivity contribution in [2.75, 3.05) is 7.11 Å². The number of hydrogen-bond donors (Lipinski definition) is 0. The van der Waals surface area contributed by atoms with Crippen molar-refractivity contribution < 1.29 is 18.3 Å². The number of halogens is 3. The quantitative estimate of drug-likeness (QED) is 0.768. The molecule has 1 aromatic heterocycles. The molecule has 0 bridgehead atoms. The van der Waals surface area contributed by atoms with E-state index in [1.54, 1.807) is 0 Å². The molecular formula is C9H5ClF2N2O2. The van der Waals surface area contributed by atoms with Gasteiger partial charge in [0.2, 0.25) is 5.88 Å². The maximum Gasteiger partial charge on any atom is 0.264 e. The summed E-state index contributed by atoms with van der Waals surface area (Å²) in [5.74, 6) is -0.173. The monoisotopic (exact) mass is 246 g/mol. The number of methoxy groups -OCH3 is 1. The fraction of sp³-hybridized carbons (Fsp3) is 0.222. The van der Waals surface area contributed by atoms with E-state index in [0.717, 1.165) is 6.07 Å². The van der Waals surface area contributed by atoms with Gasteiger partial charge in [-0.05, 0) is 11.6 Å². The number of carbonyl (C=O) groups excluding carboxylic acids is 1. The third-order valence-electron chi connectivity index (χ3n) is 1.77. The number of hydrogen-bond acceptors (Lipinski definition) is 4. The van der Waals surface area contributed by atoms with Gasteiger partial charge in [-0.3, -0.25) is 4.79 Å². The molecule has 0 amide bonds. The number of aromatic nitrogens is 1. The summed E-state index contributed by atoms with van der Waals surface area (Å²) in [5.41, 5.74) is -1.72. The number of alkyl halides is 2. The molecule has 7 heteroatoms. The van der Waals surface area contributed by atoms with Gasteiger partial charge in [0, 0.05) is 11.6 Å². The molecule has 0 aliphatic carbocycles. The second-order valence-electron chi connectivity index (χ2n) is 2.66. The van der Waals surface area contributed by atoms with Crippen LogP contribution in [0.25, 0.3) is 0 Å². The summed E-state index contributed by atoms with van der Waals surface area (Å²) < 4.78 is 29.9. The zero-order valence-electron chi connectivity index (χ0n) is 8.00. The number of rotatable bonds is 3. The lowest BCUT2D eigenvalue weighted by Gasteiger charge is -2.08. The Morgan fingerprint density at radius 2 is 2.31 bits per heavy atom. The lowest BCUT2D eigenvalue weighted by molar-refractivity contribution is 0.106. The summed E-state index contributed by atoms with van der Waals surface area (Å²) in [5, 5.41) is 7.52. The molecule has 0 spiro atoms. The van der Waals surface area contributed by atoms with Crippen molar-refractivity contribution in [3.63, 3.8) is 0 Å². The Labute approximate surface area is 94.4 Å². The average molecular weight is 247 g/mol. The van der Waals surface area contributed by atoms with Gasteiger partial charge in [-0.2, -0.15) is 5.26 Å². The van der Waals surface area contributed by atoms with E-state index in [-0.39, 0.29) is 5.88 Å². The van der Waals surface area contributed by atoms with Gasteiger partial charge in [-0.25, -0.2) is 13.8 Å². The predicted molar refractivity (Wildman–Crippen MR) is 50.6 cm³/mol. The van der Waals surface area contributed by atoms with Crippen LogP contribution < -0.4 is 4.74 Å². The molecule has 4 nitrogen and oxygen atoms in total. The first-order chi connectivity index (χ1) is 7.51. The highest BCUT2D eigenvalue weighted by atomic mass is 35.5.